The highest BCUT2D eigenvalue weighted by Gasteiger charge is 2.27. The van der Waals surface area contributed by atoms with Crippen molar-refractivity contribution in [1.82, 2.24) is 4.98 Å². The van der Waals surface area contributed by atoms with E-state index in [2.05, 4.69) is 129 Å². The molecule has 3 aromatic carbocycles. The molecule has 0 amide bonds. The standard InChI is InChI=1S/C34H31N2O/c1-22-14-15-26-27-12-9-13-28(33(27)37-32(26)18-22)31-20-29(34(3,4)5)23(2)21-36(31)25-16-17-35-30(19-25)24-10-7-6-8-11-24/h6-21H,1-5H3/q+1. The molecule has 0 aliphatic rings. The number of para-hydroxylation sites is 1. The first kappa shape index (κ1) is 23.2. The van der Waals surface area contributed by atoms with Crippen LogP contribution in [0.1, 0.15) is 37.5 Å². The third kappa shape index (κ3) is 4.11. The molecule has 0 saturated carbocycles. The molecule has 3 heteroatoms. The van der Waals surface area contributed by atoms with Crippen LogP contribution in [0.15, 0.2) is 102 Å². The number of nitrogens with zero attached hydrogens (tertiary/aromatic N) is 2. The van der Waals surface area contributed by atoms with Gasteiger partial charge in [-0.25, -0.2) is 0 Å². The van der Waals surface area contributed by atoms with Gasteiger partial charge in [0.15, 0.2) is 6.20 Å². The fourth-order valence-electron chi connectivity index (χ4n) is 5.33. The van der Waals surface area contributed by atoms with Crippen molar-refractivity contribution < 1.29 is 8.98 Å². The third-order valence-corrected chi connectivity index (χ3v) is 7.12. The molecule has 0 unspecified atom stereocenters. The number of furan rings is 1. The number of pyridine rings is 2. The Kier molecular flexibility index (Phi) is 5.45. The van der Waals surface area contributed by atoms with E-state index in [1.807, 2.05) is 12.3 Å². The molecule has 0 spiro atoms. The molecule has 0 radical (unpaired) electrons. The predicted octanol–water partition coefficient (Wildman–Crippen LogP) is 8.51. The number of rotatable bonds is 3. The van der Waals surface area contributed by atoms with Crippen molar-refractivity contribution >= 4 is 21.9 Å². The Morgan fingerprint density at radius 3 is 2.38 bits per heavy atom. The molecule has 0 saturated heterocycles. The summed E-state index contributed by atoms with van der Waals surface area (Å²) in [5.74, 6) is 0. The van der Waals surface area contributed by atoms with Crippen LogP contribution in [0.2, 0.25) is 0 Å². The highest BCUT2D eigenvalue weighted by atomic mass is 16.3. The Morgan fingerprint density at radius 1 is 0.784 bits per heavy atom. The largest absolute Gasteiger partial charge is 0.455 e. The van der Waals surface area contributed by atoms with Gasteiger partial charge in [-0.15, -0.1) is 0 Å². The second-order valence-corrected chi connectivity index (χ2v) is 10.9. The van der Waals surface area contributed by atoms with E-state index < -0.39 is 0 Å². The fourth-order valence-corrected chi connectivity index (χ4v) is 5.33. The lowest BCUT2D eigenvalue weighted by Crippen LogP contribution is -2.35. The molecule has 6 rings (SSSR count). The molecule has 0 atom stereocenters. The summed E-state index contributed by atoms with van der Waals surface area (Å²) in [6.07, 6.45) is 4.15. The molecule has 0 aliphatic heterocycles. The Hall–Kier alpha value is -4.24. The summed E-state index contributed by atoms with van der Waals surface area (Å²) >= 11 is 0. The highest BCUT2D eigenvalue weighted by Crippen LogP contribution is 2.37. The van der Waals surface area contributed by atoms with Crippen molar-refractivity contribution in [3.05, 3.63) is 114 Å². The van der Waals surface area contributed by atoms with Gasteiger partial charge < -0.3 is 4.42 Å². The summed E-state index contributed by atoms with van der Waals surface area (Å²) in [6, 6.07) is 29.8. The normalized spacial score (nSPS) is 11.9. The maximum atomic E-state index is 6.53. The molecule has 0 N–H and O–H groups in total. The van der Waals surface area contributed by atoms with Crippen LogP contribution in [0.25, 0.3) is 50.1 Å². The Labute approximate surface area is 218 Å². The Bertz CT molecular complexity index is 1770. The molecule has 3 aromatic heterocycles. The van der Waals surface area contributed by atoms with Crippen LogP contribution < -0.4 is 4.57 Å². The number of aryl methyl sites for hydroxylation is 2. The molecule has 0 fully saturated rings. The second-order valence-electron chi connectivity index (χ2n) is 10.9. The quantitative estimate of drug-likeness (QED) is 0.236. The van der Waals surface area contributed by atoms with Crippen LogP contribution in [-0.4, -0.2) is 4.98 Å². The van der Waals surface area contributed by atoms with Crippen molar-refractivity contribution in [2.75, 3.05) is 0 Å². The zero-order chi connectivity index (χ0) is 25.7. The monoisotopic (exact) mass is 483 g/mol. The van der Waals surface area contributed by atoms with Crippen LogP contribution in [0.4, 0.5) is 0 Å². The lowest BCUT2D eigenvalue weighted by molar-refractivity contribution is -0.584. The molecule has 37 heavy (non-hydrogen) atoms. The van der Waals surface area contributed by atoms with Gasteiger partial charge in [0.05, 0.1) is 11.3 Å². The first-order chi connectivity index (χ1) is 17.8. The van der Waals surface area contributed by atoms with Crippen LogP contribution in [-0.2, 0) is 5.41 Å². The van der Waals surface area contributed by atoms with E-state index in [1.54, 1.807) is 0 Å². The average molecular weight is 484 g/mol. The zero-order valence-electron chi connectivity index (χ0n) is 22.0. The molecular formula is C34H31N2O+. The fraction of sp³-hybridized carbons (Fsp3) is 0.176. The lowest BCUT2D eigenvalue weighted by atomic mass is 9.84. The Balaban J connectivity index is 1.65. The number of aromatic nitrogens is 2. The average Bonchev–Trinajstić information content (AvgIpc) is 3.26. The second kappa shape index (κ2) is 8.70. The van der Waals surface area contributed by atoms with Gasteiger partial charge in [0, 0.05) is 46.3 Å². The minimum absolute atomic E-state index is 0.00422. The van der Waals surface area contributed by atoms with E-state index in [0.29, 0.717) is 0 Å². The smallest absolute Gasteiger partial charge is 0.222 e. The van der Waals surface area contributed by atoms with E-state index in [1.165, 1.54) is 16.7 Å². The first-order valence-corrected chi connectivity index (χ1v) is 12.8. The first-order valence-electron chi connectivity index (χ1n) is 12.8. The van der Waals surface area contributed by atoms with Crippen molar-refractivity contribution in [3.63, 3.8) is 0 Å². The maximum absolute atomic E-state index is 6.53. The molecule has 0 aliphatic carbocycles. The molecule has 3 heterocycles. The maximum Gasteiger partial charge on any atom is 0.222 e. The van der Waals surface area contributed by atoms with Gasteiger partial charge in [-0.05, 0) is 42.5 Å². The van der Waals surface area contributed by atoms with E-state index in [-0.39, 0.29) is 5.41 Å². The molecule has 6 aromatic rings. The number of benzene rings is 3. The number of fused-ring (bicyclic) bond motifs is 3. The third-order valence-electron chi connectivity index (χ3n) is 7.12. The highest BCUT2D eigenvalue weighted by molar-refractivity contribution is 6.09. The molecule has 182 valence electrons. The predicted molar refractivity (Wildman–Crippen MR) is 152 cm³/mol. The van der Waals surface area contributed by atoms with E-state index >= 15 is 0 Å². The molecular weight excluding hydrogens is 452 g/mol. The minimum Gasteiger partial charge on any atom is -0.455 e. The van der Waals surface area contributed by atoms with Crippen molar-refractivity contribution in [3.8, 4) is 28.2 Å². The molecule has 0 bridgehead atoms. The van der Waals surface area contributed by atoms with E-state index in [0.717, 1.165) is 50.1 Å². The van der Waals surface area contributed by atoms with Crippen LogP contribution in [0, 0.1) is 13.8 Å². The van der Waals surface area contributed by atoms with Gasteiger partial charge in [0.1, 0.15) is 11.2 Å². The topological polar surface area (TPSA) is 29.9 Å². The Morgan fingerprint density at radius 2 is 1.59 bits per heavy atom. The minimum atomic E-state index is 0.00422. The summed E-state index contributed by atoms with van der Waals surface area (Å²) in [4.78, 5) is 4.67. The summed E-state index contributed by atoms with van der Waals surface area (Å²) in [5, 5.41) is 2.28. The summed E-state index contributed by atoms with van der Waals surface area (Å²) in [6.45, 7) is 11.1. The van der Waals surface area contributed by atoms with E-state index in [4.69, 9.17) is 4.42 Å². The van der Waals surface area contributed by atoms with Crippen LogP contribution in [0.3, 0.4) is 0 Å². The van der Waals surface area contributed by atoms with E-state index in [9.17, 15) is 0 Å². The number of hydrogen-bond acceptors (Lipinski definition) is 2. The van der Waals surface area contributed by atoms with Crippen LogP contribution >= 0.6 is 0 Å². The van der Waals surface area contributed by atoms with Gasteiger partial charge in [-0.1, -0.05) is 75.4 Å². The van der Waals surface area contributed by atoms with Gasteiger partial charge >= 0.3 is 0 Å². The summed E-state index contributed by atoms with van der Waals surface area (Å²) in [7, 11) is 0. The van der Waals surface area contributed by atoms with Gasteiger partial charge in [-0.2, -0.15) is 4.57 Å². The SMILES string of the molecule is Cc1ccc2c(c1)oc1c(-c3cc(C(C)(C)C)c(C)c[n+]3-c3ccnc(-c4ccccc4)c3)cccc12. The molecule has 3 nitrogen and oxygen atoms in total. The summed E-state index contributed by atoms with van der Waals surface area (Å²) < 4.78 is 8.82. The van der Waals surface area contributed by atoms with Crippen molar-refractivity contribution in [2.24, 2.45) is 0 Å². The van der Waals surface area contributed by atoms with Gasteiger partial charge in [0.25, 0.3) is 0 Å². The van der Waals surface area contributed by atoms with Crippen LogP contribution in [0.5, 0.6) is 0 Å². The number of hydrogen-bond donors (Lipinski definition) is 0. The summed E-state index contributed by atoms with van der Waals surface area (Å²) in [5.41, 5.74) is 10.9. The zero-order valence-corrected chi connectivity index (χ0v) is 22.0. The lowest BCUT2D eigenvalue weighted by Gasteiger charge is -2.21. The van der Waals surface area contributed by atoms with Gasteiger partial charge in [-0.3, -0.25) is 4.98 Å². The van der Waals surface area contributed by atoms with Crippen molar-refractivity contribution in [1.29, 1.82) is 0 Å². The van der Waals surface area contributed by atoms with Crippen molar-refractivity contribution in [2.45, 2.75) is 40.0 Å². The van der Waals surface area contributed by atoms with Gasteiger partial charge in [0.2, 0.25) is 11.4 Å².